The first-order valence-electron chi connectivity index (χ1n) is 5.00. The molecule has 0 spiro atoms. The number of nitrogens with one attached hydrogen (secondary N) is 1. The molecule has 0 fully saturated rings. The second-order valence-corrected chi connectivity index (χ2v) is 4.43. The zero-order valence-corrected chi connectivity index (χ0v) is 10.3. The summed E-state index contributed by atoms with van der Waals surface area (Å²) in [7, 11) is 2.05. The van der Waals surface area contributed by atoms with Gasteiger partial charge >= 0.3 is 0 Å². The lowest BCUT2D eigenvalue weighted by molar-refractivity contribution is 0.534. The Morgan fingerprint density at radius 2 is 2.27 bits per heavy atom. The fraction of sp³-hybridized carbons (Fsp3) is 0.364. The average molecular weight is 268 g/mol. The van der Waals surface area contributed by atoms with Gasteiger partial charge in [0.25, 0.3) is 0 Å². The minimum Gasteiger partial charge on any atom is -0.352 e. The number of likely N-dealkylation sites (N-methyl/N-ethyl adjacent to an activating group) is 1. The summed E-state index contributed by atoms with van der Waals surface area (Å²) in [6.45, 7) is 2.72. The van der Waals surface area contributed by atoms with E-state index in [1.807, 2.05) is 12.1 Å². The molecule has 3 nitrogen and oxygen atoms in total. The zero-order valence-electron chi connectivity index (χ0n) is 8.70. The van der Waals surface area contributed by atoms with Gasteiger partial charge in [-0.3, -0.25) is 4.99 Å². The number of rotatable bonds is 2. The number of guanidine groups is 1. The molecule has 0 radical (unpaired) electrons. The molecule has 1 aliphatic heterocycles. The molecule has 80 valence electrons. The van der Waals surface area contributed by atoms with E-state index in [0.29, 0.717) is 0 Å². The lowest BCUT2D eigenvalue weighted by atomic mass is 10.2. The molecule has 0 aliphatic carbocycles. The second kappa shape index (κ2) is 4.66. The fourth-order valence-corrected chi connectivity index (χ4v) is 1.96. The molecule has 0 unspecified atom stereocenters. The maximum Gasteiger partial charge on any atom is 0.194 e. The SMILES string of the molecule is CN1CCN=C1NCc1ccccc1Br. The Hall–Kier alpha value is -1.03. The van der Waals surface area contributed by atoms with Crippen molar-refractivity contribution in [1.82, 2.24) is 10.2 Å². The highest BCUT2D eigenvalue weighted by atomic mass is 79.9. The molecule has 1 N–H and O–H groups in total. The molecule has 4 heteroatoms. The molecule has 2 rings (SSSR count). The first-order valence-corrected chi connectivity index (χ1v) is 5.79. The summed E-state index contributed by atoms with van der Waals surface area (Å²) >= 11 is 3.53. The molecule has 1 aromatic carbocycles. The highest BCUT2D eigenvalue weighted by Crippen LogP contribution is 2.15. The van der Waals surface area contributed by atoms with Crippen LogP contribution in [0.25, 0.3) is 0 Å². The van der Waals surface area contributed by atoms with E-state index in [9.17, 15) is 0 Å². The van der Waals surface area contributed by atoms with Crippen molar-refractivity contribution in [3.63, 3.8) is 0 Å². The third kappa shape index (κ3) is 2.50. The fourth-order valence-electron chi connectivity index (χ4n) is 1.54. The maximum atomic E-state index is 4.38. The minimum absolute atomic E-state index is 0.810. The van der Waals surface area contributed by atoms with Gasteiger partial charge in [-0.25, -0.2) is 0 Å². The standard InChI is InChI=1S/C11H14BrN3/c1-15-7-6-13-11(15)14-8-9-4-2-3-5-10(9)12/h2-5H,6-8H2,1H3,(H,13,14). The lowest BCUT2D eigenvalue weighted by Gasteiger charge is -2.15. The minimum atomic E-state index is 0.810. The second-order valence-electron chi connectivity index (χ2n) is 3.57. The largest absolute Gasteiger partial charge is 0.352 e. The van der Waals surface area contributed by atoms with Gasteiger partial charge < -0.3 is 10.2 Å². The summed E-state index contributed by atoms with van der Waals surface area (Å²) in [5, 5.41) is 3.33. The maximum absolute atomic E-state index is 4.38. The first kappa shape index (κ1) is 10.5. The molecule has 1 aliphatic rings. The summed E-state index contributed by atoms with van der Waals surface area (Å²) in [6.07, 6.45) is 0. The van der Waals surface area contributed by atoms with E-state index >= 15 is 0 Å². The van der Waals surface area contributed by atoms with Crippen molar-refractivity contribution in [2.45, 2.75) is 6.54 Å². The molecule has 0 bridgehead atoms. The smallest absolute Gasteiger partial charge is 0.194 e. The zero-order chi connectivity index (χ0) is 10.7. The number of benzene rings is 1. The van der Waals surface area contributed by atoms with Crippen molar-refractivity contribution in [2.75, 3.05) is 20.1 Å². The Bertz CT molecular complexity index is 376. The van der Waals surface area contributed by atoms with Gasteiger partial charge in [0.2, 0.25) is 0 Å². The number of nitrogens with zero attached hydrogens (tertiary/aromatic N) is 2. The quantitative estimate of drug-likeness (QED) is 0.886. The van der Waals surface area contributed by atoms with E-state index in [0.717, 1.165) is 30.1 Å². The van der Waals surface area contributed by atoms with Gasteiger partial charge in [0.1, 0.15) is 0 Å². The van der Waals surface area contributed by atoms with Crippen molar-refractivity contribution >= 4 is 21.9 Å². The van der Waals surface area contributed by atoms with Crippen LogP contribution in [0, 0.1) is 0 Å². The number of aliphatic imine (C=N–C) groups is 1. The predicted octanol–water partition coefficient (Wildman–Crippen LogP) is 1.84. The van der Waals surface area contributed by atoms with Gasteiger partial charge in [-0.15, -0.1) is 0 Å². The molecule has 1 aromatic rings. The third-order valence-corrected chi connectivity index (χ3v) is 3.23. The van der Waals surface area contributed by atoms with E-state index in [4.69, 9.17) is 0 Å². The van der Waals surface area contributed by atoms with Crippen LogP contribution in [0.4, 0.5) is 0 Å². The molecule has 0 saturated heterocycles. The molecule has 0 saturated carbocycles. The van der Waals surface area contributed by atoms with Crippen LogP contribution in [-0.2, 0) is 6.54 Å². The average Bonchev–Trinajstić information content (AvgIpc) is 2.63. The Kier molecular flexibility index (Phi) is 3.26. The van der Waals surface area contributed by atoms with Crippen LogP contribution in [-0.4, -0.2) is 31.0 Å². The van der Waals surface area contributed by atoms with Crippen LogP contribution in [0.1, 0.15) is 5.56 Å². The highest BCUT2D eigenvalue weighted by molar-refractivity contribution is 9.10. The monoisotopic (exact) mass is 267 g/mol. The van der Waals surface area contributed by atoms with Crippen molar-refractivity contribution < 1.29 is 0 Å². The van der Waals surface area contributed by atoms with Crippen LogP contribution < -0.4 is 5.32 Å². The number of halogens is 1. The van der Waals surface area contributed by atoms with Crippen molar-refractivity contribution in [3.05, 3.63) is 34.3 Å². The van der Waals surface area contributed by atoms with Crippen LogP contribution in [0.2, 0.25) is 0 Å². The topological polar surface area (TPSA) is 27.6 Å². The first-order chi connectivity index (χ1) is 7.27. The van der Waals surface area contributed by atoms with Gasteiger partial charge in [-0.05, 0) is 11.6 Å². The van der Waals surface area contributed by atoms with Gasteiger partial charge in [0.05, 0.1) is 6.54 Å². The van der Waals surface area contributed by atoms with E-state index in [1.165, 1.54) is 5.56 Å². The Labute approximate surface area is 98.3 Å². The van der Waals surface area contributed by atoms with Gasteiger partial charge in [0.15, 0.2) is 5.96 Å². The molecule has 15 heavy (non-hydrogen) atoms. The summed E-state index contributed by atoms with van der Waals surface area (Å²) in [4.78, 5) is 6.51. The van der Waals surface area contributed by atoms with Crippen molar-refractivity contribution in [2.24, 2.45) is 4.99 Å². The Balaban J connectivity index is 1.96. The lowest BCUT2D eigenvalue weighted by Crippen LogP contribution is -2.35. The third-order valence-electron chi connectivity index (χ3n) is 2.45. The number of hydrogen-bond acceptors (Lipinski definition) is 3. The summed E-state index contributed by atoms with van der Waals surface area (Å²) in [5.41, 5.74) is 1.25. The molecular formula is C11H14BrN3. The normalized spacial score (nSPS) is 15.3. The summed E-state index contributed by atoms with van der Waals surface area (Å²) in [5.74, 6) is 0.991. The molecular weight excluding hydrogens is 254 g/mol. The van der Waals surface area contributed by atoms with Crippen molar-refractivity contribution in [3.8, 4) is 0 Å². The van der Waals surface area contributed by atoms with Gasteiger partial charge in [-0.1, -0.05) is 34.1 Å². The van der Waals surface area contributed by atoms with Gasteiger partial charge in [0, 0.05) is 24.6 Å². The Morgan fingerprint density at radius 3 is 2.93 bits per heavy atom. The highest BCUT2D eigenvalue weighted by Gasteiger charge is 2.11. The predicted molar refractivity (Wildman–Crippen MR) is 65.9 cm³/mol. The van der Waals surface area contributed by atoms with E-state index in [1.54, 1.807) is 0 Å². The molecule has 0 aromatic heterocycles. The van der Waals surface area contributed by atoms with Crippen LogP contribution in [0.5, 0.6) is 0 Å². The van der Waals surface area contributed by atoms with E-state index in [-0.39, 0.29) is 0 Å². The molecule has 0 atom stereocenters. The molecule has 1 heterocycles. The van der Waals surface area contributed by atoms with E-state index < -0.39 is 0 Å². The summed E-state index contributed by atoms with van der Waals surface area (Å²) < 4.78 is 1.14. The van der Waals surface area contributed by atoms with Crippen molar-refractivity contribution in [1.29, 1.82) is 0 Å². The van der Waals surface area contributed by atoms with Crippen LogP contribution >= 0.6 is 15.9 Å². The van der Waals surface area contributed by atoms with Crippen LogP contribution in [0.3, 0.4) is 0 Å². The summed E-state index contributed by atoms with van der Waals surface area (Å²) in [6, 6.07) is 8.22. The van der Waals surface area contributed by atoms with E-state index in [2.05, 4.69) is 50.3 Å². The van der Waals surface area contributed by atoms with Crippen LogP contribution in [0.15, 0.2) is 33.7 Å². The number of hydrogen-bond donors (Lipinski definition) is 1. The van der Waals surface area contributed by atoms with Gasteiger partial charge in [-0.2, -0.15) is 0 Å². The molecule has 0 amide bonds. The Morgan fingerprint density at radius 1 is 1.47 bits per heavy atom.